The highest BCUT2D eigenvalue weighted by atomic mass is 79.9. The van der Waals surface area contributed by atoms with Crippen molar-refractivity contribution in [1.29, 1.82) is 0 Å². The highest BCUT2D eigenvalue weighted by Gasteiger charge is 2.36. The van der Waals surface area contributed by atoms with Crippen LogP contribution in [0, 0.1) is 0 Å². The van der Waals surface area contributed by atoms with Crippen LogP contribution in [-0.2, 0) is 10.9 Å². The molecule has 1 heterocycles. The molecule has 0 atom stereocenters. The Kier molecular flexibility index (Phi) is 4.83. The van der Waals surface area contributed by atoms with Gasteiger partial charge in [0, 0.05) is 0 Å². The van der Waals surface area contributed by atoms with Crippen LogP contribution in [0.1, 0.15) is 35.0 Å². The standard InChI is InChI=1S/C10H7BrF5NO2/c1-2-19-9(18)6-4(8(12)13)3-5(7(11)17-6)10(14,15)16/h3,8H,2H2,1H3. The van der Waals surface area contributed by atoms with Crippen molar-refractivity contribution >= 4 is 21.9 Å². The van der Waals surface area contributed by atoms with E-state index in [4.69, 9.17) is 0 Å². The van der Waals surface area contributed by atoms with Gasteiger partial charge in [0.05, 0.1) is 17.7 Å². The van der Waals surface area contributed by atoms with E-state index in [1.807, 2.05) is 0 Å². The molecule has 1 aromatic rings. The van der Waals surface area contributed by atoms with Crippen molar-refractivity contribution in [3.63, 3.8) is 0 Å². The number of rotatable bonds is 3. The molecule has 0 unspecified atom stereocenters. The van der Waals surface area contributed by atoms with Crippen LogP contribution in [-0.4, -0.2) is 17.6 Å². The summed E-state index contributed by atoms with van der Waals surface area (Å²) in [6.07, 6.45) is -8.14. The first-order valence-corrected chi connectivity index (χ1v) is 5.70. The smallest absolute Gasteiger partial charge is 0.419 e. The van der Waals surface area contributed by atoms with Crippen LogP contribution in [0.3, 0.4) is 0 Å². The molecule has 0 aliphatic rings. The summed E-state index contributed by atoms with van der Waals surface area (Å²) in [6, 6.07) is 0.188. The number of halogens is 6. The molecule has 0 N–H and O–H groups in total. The van der Waals surface area contributed by atoms with Gasteiger partial charge in [-0.25, -0.2) is 18.6 Å². The number of nitrogens with zero attached hydrogens (tertiary/aromatic N) is 1. The first-order chi connectivity index (χ1) is 8.68. The van der Waals surface area contributed by atoms with E-state index in [1.165, 1.54) is 6.92 Å². The SMILES string of the molecule is CCOC(=O)c1nc(Br)c(C(F)(F)F)cc1C(F)F. The number of alkyl halides is 5. The molecule has 9 heteroatoms. The number of carbonyl (C=O) groups excluding carboxylic acids is 1. The van der Waals surface area contributed by atoms with Gasteiger partial charge in [-0.05, 0) is 28.9 Å². The molecule has 0 amide bonds. The van der Waals surface area contributed by atoms with Crippen molar-refractivity contribution in [2.45, 2.75) is 19.5 Å². The number of ether oxygens (including phenoxy) is 1. The summed E-state index contributed by atoms with van der Waals surface area (Å²) in [7, 11) is 0. The van der Waals surface area contributed by atoms with Crippen molar-refractivity contribution in [2.75, 3.05) is 6.61 Å². The predicted octanol–water partition coefficient (Wildman–Crippen LogP) is 3.98. The molecule has 106 valence electrons. The minimum atomic E-state index is -4.86. The molecule has 0 fully saturated rings. The Labute approximate surface area is 112 Å². The second kappa shape index (κ2) is 5.81. The van der Waals surface area contributed by atoms with E-state index in [-0.39, 0.29) is 12.7 Å². The number of hydrogen-bond acceptors (Lipinski definition) is 3. The molecular formula is C10H7BrF5NO2. The van der Waals surface area contributed by atoms with E-state index in [9.17, 15) is 26.7 Å². The highest BCUT2D eigenvalue weighted by molar-refractivity contribution is 9.10. The number of esters is 1. The summed E-state index contributed by atoms with van der Waals surface area (Å²) in [5, 5.41) is 0. The third-order valence-corrected chi connectivity index (χ3v) is 2.62. The molecule has 0 saturated carbocycles. The van der Waals surface area contributed by atoms with Crippen molar-refractivity contribution in [3.05, 3.63) is 27.5 Å². The third kappa shape index (κ3) is 3.62. The van der Waals surface area contributed by atoms with Crippen LogP contribution in [0.15, 0.2) is 10.7 Å². The Morgan fingerprint density at radius 1 is 1.47 bits per heavy atom. The molecule has 0 aliphatic carbocycles. The van der Waals surface area contributed by atoms with Crippen LogP contribution in [0.25, 0.3) is 0 Å². The number of hydrogen-bond donors (Lipinski definition) is 0. The van der Waals surface area contributed by atoms with Gasteiger partial charge in [-0.2, -0.15) is 13.2 Å². The molecule has 3 nitrogen and oxygen atoms in total. The minimum absolute atomic E-state index is 0.109. The van der Waals surface area contributed by atoms with Gasteiger partial charge in [0.25, 0.3) is 6.43 Å². The lowest BCUT2D eigenvalue weighted by molar-refractivity contribution is -0.138. The van der Waals surface area contributed by atoms with Crippen molar-refractivity contribution in [1.82, 2.24) is 4.98 Å². The first-order valence-electron chi connectivity index (χ1n) is 4.91. The lowest BCUT2D eigenvalue weighted by Gasteiger charge is -2.13. The molecule has 0 bridgehead atoms. The Morgan fingerprint density at radius 2 is 2.05 bits per heavy atom. The Balaban J connectivity index is 3.42. The van der Waals surface area contributed by atoms with Gasteiger partial charge in [0.15, 0.2) is 5.69 Å². The van der Waals surface area contributed by atoms with Gasteiger partial charge in [0.2, 0.25) is 0 Å². The molecule has 1 rings (SSSR count). The van der Waals surface area contributed by atoms with Crippen molar-refractivity contribution in [3.8, 4) is 0 Å². The monoisotopic (exact) mass is 347 g/mol. The lowest BCUT2D eigenvalue weighted by atomic mass is 10.1. The molecule has 0 saturated heterocycles. The molecule has 0 aliphatic heterocycles. The van der Waals surface area contributed by atoms with Gasteiger partial charge in [-0.1, -0.05) is 0 Å². The lowest BCUT2D eigenvalue weighted by Crippen LogP contribution is -2.15. The summed E-state index contributed by atoms with van der Waals surface area (Å²) >= 11 is 2.50. The van der Waals surface area contributed by atoms with E-state index >= 15 is 0 Å². The highest BCUT2D eigenvalue weighted by Crippen LogP contribution is 2.37. The summed E-state index contributed by atoms with van der Waals surface area (Å²) in [4.78, 5) is 14.6. The summed E-state index contributed by atoms with van der Waals surface area (Å²) in [5.41, 5.74) is -3.33. The van der Waals surface area contributed by atoms with Crippen molar-refractivity contribution in [2.24, 2.45) is 0 Å². The molecular weight excluding hydrogens is 341 g/mol. The summed E-state index contributed by atoms with van der Waals surface area (Å²) < 4.78 is 66.7. The molecule has 0 radical (unpaired) electrons. The molecule has 0 spiro atoms. The first kappa shape index (κ1) is 15.8. The van der Waals surface area contributed by atoms with Crippen LogP contribution >= 0.6 is 15.9 Å². The minimum Gasteiger partial charge on any atom is -0.461 e. The Hall–Kier alpha value is -1.25. The van der Waals surface area contributed by atoms with Gasteiger partial charge in [-0.3, -0.25) is 0 Å². The second-order valence-electron chi connectivity index (χ2n) is 3.28. The van der Waals surface area contributed by atoms with E-state index in [0.717, 1.165) is 0 Å². The quantitative estimate of drug-likeness (QED) is 0.471. The third-order valence-electron chi connectivity index (χ3n) is 2.01. The number of aromatic nitrogens is 1. The average Bonchev–Trinajstić information content (AvgIpc) is 2.26. The van der Waals surface area contributed by atoms with Crippen LogP contribution in [0.4, 0.5) is 22.0 Å². The number of pyridine rings is 1. The normalized spacial score (nSPS) is 11.8. The Morgan fingerprint density at radius 3 is 2.47 bits per heavy atom. The topological polar surface area (TPSA) is 39.2 Å². The zero-order valence-electron chi connectivity index (χ0n) is 9.39. The van der Waals surface area contributed by atoms with E-state index < -0.39 is 40.0 Å². The maximum Gasteiger partial charge on any atom is 0.419 e. The predicted molar refractivity (Wildman–Crippen MR) is 57.9 cm³/mol. The largest absolute Gasteiger partial charge is 0.461 e. The molecule has 19 heavy (non-hydrogen) atoms. The maximum atomic E-state index is 12.7. The van der Waals surface area contributed by atoms with Crippen molar-refractivity contribution < 1.29 is 31.5 Å². The fraction of sp³-hybridized carbons (Fsp3) is 0.400. The second-order valence-corrected chi connectivity index (χ2v) is 4.03. The van der Waals surface area contributed by atoms with Gasteiger partial charge in [0.1, 0.15) is 4.60 Å². The van der Waals surface area contributed by atoms with Gasteiger partial charge in [-0.15, -0.1) is 0 Å². The summed E-state index contributed by atoms with van der Waals surface area (Å²) in [5.74, 6) is -1.20. The maximum absolute atomic E-state index is 12.7. The van der Waals surface area contributed by atoms with Gasteiger partial charge >= 0.3 is 12.1 Å². The average molecular weight is 348 g/mol. The fourth-order valence-electron chi connectivity index (χ4n) is 1.23. The van der Waals surface area contributed by atoms with Crippen LogP contribution in [0.2, 0.25) is 0 Å². The molecule has 0 aromatic carbocycles. The van der Waals surface area contributed by atoms with E-state index in [2.05, 4.69) is 25.7 Å². The Bertz CT molecular complexity index is 490. The zero-order chi connectivity index (χ0) is 14.8. The van der Waals surface area contributed by atoms with Crippen LogP contribution < -0.4 is 0 Å². The van der Waals surface area contributed by atoms with Gasteiger partial charge < -0.3 is 4.74 Å². The fourth-order valence-corrected chi connectivity index (χ4v) is 1.75. The van der Waals surface area contributed by atoms with E-state index in [0.29, 0.717) is 0 Å². The zero-order valence-corrected chi connectivity index (χ0v) is 11.0. The van der Waals surface area contributed by atoms with E-state index in [1.54, 1.807) is 0 Å². The molecule has 1 aromatic heterocycles. The summed E-state index contributed by atoms with van der Waals surface area (Å²) in [6.45, 7) is 1.32. The number of carbonyl (C=O) groups is 1. The van der Waals surface area contributed by atoms with Crippen LogP contribution in [0.5, 0.6) is 0 Å².